The van der Waals surface area contributed by atoms with Crippen LogP contribution in [0.15, 0.2) is 121 Å². The topological polar surface area (TPSA) is 0 Å². The van der Waals surface area contributed by atoms with E-state index in [-0.39, 0.29) is 5.92 Å². The summed E-state index contributed by atoms with van der Waals surface area (Å²) >= 11 is 0. The SMILES string of the molecule is CCCCc1ccc(C2=C(c3ccc(CCCC)cc3)C(c3ccc(CCCC)cc3)C(c3ccc(CCCC)cc3)=C2c2ccc(CCCC)cc2)cc1. The summed E-state index contributed by atoms with van der Waals surface area (Å²) in [6, 6.07) is 48.3. The van der Waals surface area contributed by atoms with E-state index in [0.717, 1.165) is 32.1 Å². The summed E-state index contributed by atoms with van der Waals surface area (Å²) in [5.74, 6) is 0.0905. The predicted molar refractivity (Wildman–Crippen MR) is 242 cm³/mol. The Morgan fingerprint density at radius 2 is 0.527 bits per heavy atom. The van der Waals surface area contributed by atoms with E-state index in [0.29, 0.717) is 0 Å². The van der Waals surface area contributed by atoms with Crippen LogP contribution < -0.4 is 0 Å². The molecule has 0 fully saturated rings. The highest BCUT2D eigenvalue weighted by Gasteiger charge is 2.37. The first-order valence-electron chi connectivity index (χ1n) is 22.0. The van der Waals surface area contributed by atoms with Gasteiger partial charge in [-0.15, -0.1) is 0 Å². The summed E-state index contributed by atoms with van der Waals surface area (Å²) in [5.41, 5.74) is 19.5. The summed E-state index contributed by atoms with van der Waals surface area (Å²) in [6.45, 7) is 11.4. The highest BCUT2D eigenvalue weighted by Crippen LogP contribution is 2.58. The number of aryl methyl sites for hydroxylation is 5. The lowest BCUT2D eigenvalue weighted by molar-refractivity contribution is 0.794. The molecule has 0 saturated carbocycles. The number of rotatable bonds is 20. The molecule has 0 radical (unpaired) electrons. The van der Waals surface area contributed by atoms with Crippen molar-refractivity contribution < 1.29 is 0 Å². The van der Waals surface area contributed by atoms with Crippen molar-refractivity contribution in [3.8, 4) is 0 Å². The van der Waals surface area contributed by atoms with Crippen LogP contribution in [0.5, 0.6) is 0 Å². The van der Waals surface area contributed by atoms with Crippen molar-refractivity contribution in [2.75, 3.05) is 0 Å². The molecule has 6 rings (SSSR count). The van der Waals surface area contributed by atoms with E-state index in [1.54, 1.807) is 0 Å². The maximum atomic E-state index is 2.45. The van der Waals surface area contributed by atoms with E-state index in [9.17, 15) is 0 Å². The first-order chi connectivity index (χ1) is 27.1. The van der Waals surface area contributed by atoms with Crippen LogP contribution >= 0.6 is 0 Å². The van der Waals surface area contributed by atoms with Crippen LogP contribution in [-0.2, 0) is 32.1 Å². The normalized spacial score (nSPS) is 13.3. The van der Waals surface area contributed by atoms with Crippen LogP contribution in [0.3, 0.4) is 0 Å². The van der Waals surface area contributed by atoms with Gasteiger partial charge in [0, 0.05) is 5.92 Å². The van der Waals surface area contributed by atoms with Crippen molar-refractivity contribution >= 4 is 22.3 Å². The quantitative estimate of drug-likeness (QED) is 0.0749. The van der Waals surface area contributed by atoms with Gasteiger partial charge in [-0.2, -0.15) is 0 Å². The lowest BCUT2D eigenvalue weighted by Crippen LogP contribution is -2.04. The van der Waals surface area contributed by atoms with Crippen molar-refractivity contribution in [1.82, 2.24) is 0 Å². The molecule has 0 atom stereocenters. The monoisotopic (exact) mass is 727 g/mol. The minimum atomic E-state index is 0.0905. The van der Waals surface area contributed by atoms with Gasteiger partial charge in [-0.25, -0.2) is 0 Å². The van der Waals surface area contributed by atoms with Gasteiger partial charge >= 0.3 is 0 Å². The first kappa shape index (κ1) is 40.2. The number of benzene rings is 5. The average molecular weight is 727 g/mol. The molecule has 0 nitrogen and oxygen atoms in total. The fourth-order valence-corrected chi connectivity index (χ4v) is 8.42. The van der Waals surface area contributed by atoms with Gasteiger partial charge in [0.05, 0.1) is 0 Å². The molecule has 5 aromatic carbocycles. The van der Waals surface area contributed by atoms with Crippen molar-refractivity contribution in [3.63, 3.8) is 0 Å². The highest BCUT2D eigenvalue weighted by atomic mass is 14.4. The van der Waals surface area contributed by atoms with Crippen LogP contribution in [0.4, 0.5) is 0 Å². The van der Waals surface area contributed by atoms with Crippen LogP contribution in [0.2, 0.25) is 0 Å². The Hall–Kier alpha value is -4.42. The largest absolute Gasteiger partial charge is 0.0654 e. The summed E-state index contributed by atoms with van der Waals surface area (Å²) in [5, 5.41) is 0. The molecule has 0 heteroatoms. The van der Waals surface area contributed by atoms with Crippen LogP contribution in [0, 0.1) is 0 Å². The van der Waals surface area contributed by atoms with Gasteiger partial charge in [-0.1, -0.05) is 188 Å². The Labute approximate surface area is 334 Å². The molecule has 5 aromatic rings. The zero-order valence-corrected chi connectivity index (χ0v) is 34.7. The van der Waals surface area contributed by atoms with Gasteiger partial charge in [0.25, 0.3) is 0 Å². The maximum absolute atomic E-state index is 2.45. The second-order valence-electron chi connectivity index (χ2n) is 16.1. The molecule has 0 bridgehead atoms. The summed E-state index contributed by atoms with van der Waals surface area (Å²) in [7, 11) is 0. The minimum absolute atomic E-state index is 0.0905. The minimum Gasteiger partial charge on any atom is -0.0654 e. The van der Waals surface area contributed by atoms with Gasteiger partial charge in [0.15, 0.2) is 0 Å². The summed E-state index contributed by atoms with van der Waals surface area (Å²) in [4.78, 5) is 0. The standard InChI is InChI=1S/C55H66/c1-6-11-16-41-21-31-46(32-22-41)51-52(47-33-23-42(24-34-47)17-12-7-2)54(49-37-27-44(28-38-49)19-14-9-4)55(50-39-29-45(30-40-50)20-15-10-5)53(51)48-35-25-43(26-36-48)18-13-8-3/h21-40,51H,6-20H2,1-5H3. The molecule has 0 amide bonds. The average Bonchev–Trinajstić information content (AvgIpc) is 3.59. The molecule has 0 aromatic heterocycles. The molecule has 0 spiro atoms. The molecular formula is C55H66. The van der Waals surface area contributed by atoms with Gasteiger partial charge in [-0.3, -0.25) is 0 Å². The Morgan fingerprint density at radius 1 is 0.291 bits per heavy atom. The van der Waals surface area contributed by atoms with Gasteiger partial charge < -0.3 is 0 Å². The van der Waals surface area contributed by atoms with Crippen molar-refractivity contribution in [2.24, 2.45) is 0 Å². The molecule has 0 N–H and O–H groups in total. The molecule has 0 heterocycles. The molecule has 286 valence electrons. The van der Waals surface area contributed by atoms with E-state index < -0.39 is 0 Å². The molecule has 0 saturated heterocycles. The Balaban J connectivity index is 1.64. The molecule has 1 aliphatic carbocycles. The molecule has 1 aliphatic rings. The number of allylic oxidation sites excluding steroid dienone is 4. The van der Waals surface area contributed by atoms with Crippen LogP contribution in [0.1, 0.15) is 160 Å². The van der Waals surface area contributed by atoms with Gasteiger partial charge in [-0.05, 0) is 142 Å². The first-order valence-corrected chi connectivity index (χ1v) is 22.0. The van der Waals surface area contributed by atoms with Gasteiger partial charge in [0.2, 0.25) is 0 Å². The second kappa shape index (κ2) is 20.5. The van der Waals surface area contributed by atoms with E-state index in [1.807, 2.05) is 0 Å². The number of unbranched alkanes of at least 4 members (excludes halogenated alkanes) is 5. The number of hydrogen-bond donors (Lipinski definition) is 0. The fraction of sp³-hybridized carbons (Fsp3) is 0.382. The summed E-state index contributed by atoms with van der Waals surface area (Å²) in [6.07, 6.45) is 17.9. The maximum Gasteiger partial charge on any atom is 0.0364 e. The van der Waals surface area contributed by atoms with Crippen molar-refractivity contribution in [2.45, 2.75) is 137 Å². The molecule has 0 aliphatic heterocycles. The molecule has 0 unspecified atom stereocenters. The zero-order valence-electron chi connectivity index (χ0n) is 34.7. The summed E-state index contributed by atoms with van der Waals surface area (Å²) < 4.78 is 0. The Kier molecular flexibility index (Phi) is 15.0. The zero-order chi connectivity index (χ0) is 38.4. The Morgan fingerprint density at radius 3 is 0.782 bits per heavy atom. The van der Waals surface area contributed by atoms with Crippen LogP contribution in [-0.4, -0.2) is 0 Å². The van der Waals surface area contributed by atoms with Crippen molar-refractivity contribution in [1.29, 1.82) is 0 Å². The van der Waals surface area contributed by atoms with E-state index in [2.05, 4.69) is 156 Å². The number of hydrogen-bond acceptors (Lipinski definition) is 0. The fourth-order valence-electron chi connectivity index (χ4n) is 8.42. The van der Waals surface area contributed by atoms with Crippen molar-refractivity contribution in [3.05, 3.63) is 177 Å². The predicted octanol–water partition coefficient (Wildman–Crippen LogP) is 15.7. The van der Waals surface area contributed by atoms with E-state index >= 15 is 0 Å². The third-order valence-electron chi connectivity index (χ3n) is 11.8. The molecule has 55 heavy (non-hydrogen) atoms. The van der Waals surface area contributed by atoms with Crippen LogP contribution in [0.25, 0.3) is 22.3 Å². The highest BCUT2D eigenvalue weighted by molar-refractivity contribution is 6.29. The Bertz CT molecular complexity index is 1840. The van der Waals surface area contributed by atoms with E-state index in [1.165, 1.54) is 142 Å². The molecular weight excluding hydrogens is 661 g/mol. The third-order valence-corrected chi connectivity index (χ3v) is 11.8. The second-order valence-corrected chi connectivity index (χ2v) is 16.1. The van der Waals surface area contributed by atoms with E-state index in [4.69, 9.17) is 0 Å². The lowest BCUT2D eigenvalue weighted by Gasteiger charge is -2.23. The van der Waals surface area contributed by atoms with Gasteiger partial charge in [0.1, 0.15) is 0 Å². The smallest absolute Gasteiger partial charge is 0.0364 e. The third kappa shape index (κ3) is 10.1. The lowest BCUT2D eigenvalue weighted by atomic mass is 9.80.